The van der Waals surface area contributed by atoms with Gasteiger partial charge in [0.25, 0.3) is 0 Å². The molecule has 1 unspecified atom stereocenters. The summed E-state index contributed by atoms with van der Waals surface area (Å²) < 4.78 is 0. The molecule has 1 aliphatic heterocycles. The van der Waals surface area contributed by atoms with Crippen molar-refractivity contribution in [2.24, 2.45) is 17.8 Å². The molecular formula is C17H28N2O3. The maximum atomic E-state index is 12.0. The van der Waals surface area contributed by atoms with Gasteiger partial charge in [-0.15, -0.1) is 0 Å². The van der Waals surface area contributed by atoms with Crippen LogP contribution in [0, 0.1) is 17.8 Å². The van der Waals surface area contributed by atoms with Crippen LogP contribution in [0.4, 0.5) is 0 Å². The highest BCUT2D eigenvalue weighted by Gasteiger charge is 2.37. The molecule has 5 heteroatoms. The molecule has 2 fully saturated rings. The SMILES string of the molecule is CCCCNC(=O)C1CCC(CN2C(=O)CC(C)C2=O)CC1. The number of hydrogen-bond acceptors (Lipinski definition) is 3. The van der Waals surface area contributed by atoms with Gasteiger partial charge >= 0.3 is 0 Å². The highest BCUT2D eigenvalue weighted by molar-refractivity contribution is 6.03. The topological polar surface area (TPSA) is 66.5 Å². The quantitative estimate of drug-likeness (QED) is 0.603. The van der Waals surface area contributed by atoms with Gasteiger partial charge in [0.05, 0.1) is 0 Å². The Bertz CT molecular complexity index is 428. The van der Waals surface area contributed by atoms with Gasteiger partial charge in [-0.05, 0) is 38.0 Å². The molecule has 22 heavy (non-hydrogen) atoms. The minimum Gasteiger partial charge on any atom is -0.356 e. The fraction of sp³-hybridized carbons (Fsp3) is 0.824. The predicted molar refractivity (Wildman–Crippen MR) is 83.9 cm³/mol. The van der Waals surface area contributed by atoms with Crippen LogP contribution in [-0.4, -0.2) is 35.7 Å². The number of amides is 3. The average Bonchev–Trinajstić information content (AvgIpc) is 2.74. The molecule has 1 heterocycles. The van der Waals surface area contributed by atoms with Gasteiger partial charge in [-0.1, -0.05) is 20.3 Å². The molecule has 0 aromatic carbocycles. The molecule has 0 radical (unpaired) electrons. The van der Waals surface area contributed by atoms with Crippen molar-refractivity contribution < 1.29 is 14.4 Å². The Hall–Kier alpha value is -1.39. The molecule has 0 spiro atoms. The number of carbonyl (C=O) groups excluding carboxylic acids is 3. The lowest BCUT2D eigenvalue weighted by molar-refractivity contribution is -0.140. The van der Waals surface area contributed by atoms with Gasteiger partial charge in [-0.25, -0.2) is 0 Å². The lowest BCUT2D eigenvalue weighted by Crippen LogP contribution is -2.38. The first kappa shape index (κ1) is 17.0. The van der Waals surface area contributed by atoms with E-state index in [1.165, 1.54) is 4.90 Å². The maximum Gasteiger partial charge on any atom is 0.232 e. The number of rotatable bonds is 6. The van der Waals surface area contributed by atoms with E-state index >= 15 is 0 Å². The van der Waals surface area contributed by atoms with Gasteiger partial charge in [-0.2, -0.15) is 0 Å². The van der Waals surface area contributed by atoms with Crippen LogP contribution >= 0.6 is 0 Å². The third-order valence-electron chi connectivity index (χ3n) is 4.96. The minimum absolute atomic E-state index is 0.0237. The first-order chi connectivity index (χ1) is 10.5. The molecule has 2 rings (SSSR count). The summed E-state index contributed by atoms with van der Waals surface area (Å²) in [5.74, 6) is 0.429. The average molecular weight is 308 g/mol. The molecule has 1 atom stereocenters. The summed E-state index contributed by atoms with van der Waals surface area (Å²) in [5.41, 5.74) is 0. The van der Waals surface area contributed by atoms with Crippen LogP contribution in [0.15, 0.2) is 0 Å². The standard InChI is InChI=1S/C17H28N2O3/c1-3-4-9-18-16(21)14-7-5-13(6-8-14)11-19-15(20)10-12(2)17(19)22/h12-14H,3-11H2,1-2H3,(H,18,21). The van der Waals surface area contributed by atoms with Crippen LogP contribution in [0.1, 0.15) is 58.8 Å². The normalized spacial score (nSPS) is 29.0. The summed E-state index contributed by atoms with van der Waals surface area (Å²) >= 11 is 0. The van der Waals surface area contributed by atoms with Crippen LogP contribution < -0.4 is 5.32 Å². The van der Waals surface area contributed by atoms with Gasteiger partial charge in [0.2, 0.25) is 17.7 Å². The zero-order valence-corrected chi connectivity index (χ0v) is 13.8. The maximum absolute atomic E-state index is 12.0. The summed E-state index contributed by atoms with van der Waals surface area (Å²) in [5, 5.41) is 3.00. The number of nitrogens with zero attached hydrogens (tertiary/aromatic N) is 1. The predicted octanol–water partition coefficient (Wildman–Crippen LogP) is 2.10. The summed E-state index contributed by atoms with van der Waals surface area (Å²) in [6, 6.07) is 0. The van der Waals surface area contributed by atoms with Crippen molar-refractivity contribution in [2.75, 3.05) is 13.1 Å². The van der Waals surface area contributed by atoms with Crippen molar-refractivity contribution in [3.63, 3.8) is 0 Å². The molecule has 0 bridgehead atoms. The zero-order valence-electron chi connectivity index (χ0n) is 13.8. The molecule has 1 N–H and O–H groups in total. The summed E-state index contributed by atoms with van der Waals surface area (Å²) in [6.45, 7) is 5.24. The molecule has 0 aromatic heterocycles. The minimum atomic E-state index is -0.159. The lowest BCUT2D eigenvalue weighted by Gasteiger charge is -2.30. The Morgan fingerprint density at radius 1 is 1.23 bits per heavy atom. The number of nitrogens with one attached hydrogen (secondary N) is 1. The number of imide groups is 1. The van der Waals surface area contributed by atoms with Crippen LogP contribution in [0.3, 0.4) is 0 Å². The second-order valence-corrected chi connectivity index (χ2v) is 6.81. The van der Waals surface area contributed by atoms with E-state index in [1.54, 1.807) is 0 Å². The number of likely N-dealkylation sites (tertiary alicyclic amines) is 1. The van der Waals surface area contributed by atoms with Gasteiger partial charge in [-0.3, -0.25) is 19.3 Å². The summed E-state index contributed by atoms with van der Waals surface area (Å²) in [6.07, 6.45) is 6.06. The Morgan fingerprint density at radius 2 is 1.91 bits per heavy atom. The smallest absolute Gasteiger partial charge is 0.232 e. The lowest BCUT2D eigenvalue weighted by atomic mass is 9.81. The summed E-state index contributed by atoms with van der Waals surface area (Å²) in [7, 11) is 0. The zero-order chi connectivity index (χ0) is 16.1. The van der Waals surface area contributed by atoms with Crippen LogP contribution in [-0.2, 0) is 14.4 Å². The van der Waals surface area contributed by atoms with Crippen molar-refractivity contribution in [1.82, 2.24) is 10.2 Å². The van der Waals surface area contributed by atoms with Crippen molar-refractivity contribution in [1.29, 1.82) is 0 Å². The molecule has 124 valence electrons. The Kier molecular flexibility index (Phi) is 5.98. The number of hydrogen-bond donors (Lipinski definition) is 1. The van der Waals surface area contributed by atoms with E-state index in [1.807, 2.05) is 6.92 Å². The Labute approximate surface area is 132 Å². The van der Waals surface area contributed by atoms with Crippen molar-refractivity contribution in [3.8, 4) is 0 Å². The van der Waals surface area contributed by atoms with Crippen molar-refractivity contribution in [2.45, 2.75) is 58.8 Å². The Balaban J connectivity index is 1.74. The Morgan fingerprint density at radius 3 is 2.45 bits per heavy atom. The first-order valence-electron chi connectivity index (χ1n) is 8.64. The van der Waals surface area contributed by atoms with E-state index in [0.717, 1.165) is 45.1 Å². The van der Waals surface area contributed by atoms with Gasteiger partial charge in [0.15, 0.2) is 0 Å². The number of carbonyl (C=O) groups is 3. The molecule has 2 aliphatic rings. The molecule has 3 amide bonds. The fourth-order valence-electron chi connectivity index (χ4n) is 3.44. The van der Waals surface area contributed by atoms with E-state index < -0.39 is 0 Å². The highest BCUT2D eigenvalue weighted by atomic mass is 16.2. The van der Waals surface area contributed by atoms with E-state index in [-0.39, 0.29) is 29.6 Å². The van der Waals surface area contributed by atoms with Crippen LogP contribution in [0.25, 0.3) is 0 Å². The molecule has 0 aromatic rings. The van der Waals surface area contributed by atoms with Gasteiger partial charge in [0, 0.05) is 31.3 Å². The van der Waals surface area contributed by atoms with Crippen LogP contribution in [0.5, 0.6) is 0 Å². The van der Waals surface area contributed by atoms with Gasteiger partial charge < -0.3 is 5.32 Å². The third kappa shape index (κ3) is 4.08. The van der Waals surface area contributed by atoms with Gasteiger partial charge in [0.1, 0.15) is 0 Å². The monoisotopic (exact) mass is 308 g/mol. The summed E-state index contributed by atoms with van der Waals surface area (Å²) in [4.78, 5) is 37.3. The number of unbranched alkanes of at least 4 members (excludes halogenated alkanes) is 1. The van der Waals surface area contributed by atoms with Crippen molar-refractivity contribution in [3.05, 3.63) is 0 Å². The molecule has 1 saturated heterocycles. The second-order valence-electron chi connectivity index (χ2n) is 6.81. The van der Waals surface area contributed by atoms with E-state index in [9.17, 15) is 14.4 Å². The van der Waals surface area contributed by atoms with Crippen molar-refractivity contribution >= 4 is 17.7 Å². The second kappa shape index (κ2) is 7.75. The molecule has 1 aliphatic carbocycles. The van der Waals surface area contributed by atoms with Crippen LogP contribution in [0.2, 0.25) is 0 Å². The van der Waals surface area contributed by atoms with E-state index in [2.05, 4.69) is 12.2 Å². The van der Waals surface area contributed by atoms with E-state index in [4.69, 9.17) is 0 Å². The fourth-order valence-corrected chi connectivity index (χ4v) is 3.44. The molecule has 5 nitrogen and oxygen atoms in total. The molecule has 1 saturated carbocycles. The third-order valence-corrected chi connectivity index (χ3v) is 4.96. The largest absolute Gasteiger partial charge is 0.356 e. The first-order valence-corrected chi connectivity index (χ1v) is 8.64. The highest BCUT2D eigenvalue weighted by Crippen LogP contribution is 2.31. The van der Waals surface area contributed by atoms with E-state index in [0.29, 0.717) is 18.9 Å². The molecular weight excluding hydrogens is 280 g/mol.